The third-order valence-corrected chi connectivity index (χ3v) is 4.53. The number of benzene rings is 1. The first-order valence-electron chi connectivity index (χ1n) is 8.49. The summed E-state index contributed by atoms with van der Waals surface area (Å²) in [6, 6.07) is 11.5. The summed E-state index contributed by atoms with van der Waals surface area (Å²) in [5, 5.41) is 7.49. The zero-order valence-corrected chi connectivity index (χ0v) is 14.2. The molecule has 0 atom stereocenters. The highest BCUT2D eigenvalue weighted by Gasteiger charge is 2.21. The number of anilines is 1. The lowest BCUT2D eigenvalue weighted by atomic mass is 10.1. The number of pyridine rings is 1. The summed E-state index contributed by atoms with van der Waals surface area (Å²) < 4.78 is 0. The summed E-state index contributed by atoms with van der Waals surface area (Å²) >= 11 is 0. The van der Waals surface area contributed by atoms with E-state index in [1.807, 2.05) is 41.3 Å². The maximum atomic E-state index is 12.5. The summed E-state index contributed by atoms with van der Waals surface area (Å²) in [7, 11) is 0. The smallest absolute Gasteiger partial charge is 0.223 e. The lowest BCUT2D eigenvalue weighted by Crippen LogP contribution is -2.48. The normalized spacial score (nSPS) is 14.4. The van der Waals surface area contributed by atoms with Crippen molar-refractivity contribution < 1.29 is 4.79 Å². The van der Waals surface area contributed by atoms with E-state index < -0.39 is 0 Å². The van der Waals surface area contributed by atoms with Crippen LogP contribution >= 0.6 is 0 Å². The Hall–Kier alpha value is -2.89. The van der Waals surface area contributed by atoms with Crippen molar-refractivity contribution in [1.82, 2.24) is 9.88 Å². The third-order valence-electron chi connectivity index (χ3n) is 4.53. The number of nitrogen functional groups attached to an aromatic ring is 1. The van der Waals surface area contributed by atoms with Gasteiger partial charge in [0.15, 0.2) is 0 Å². The molecule has 1 aromatic heterocycles. The molecule has 0 bridgehead atoms. The molecule has 25 heavy (non-hydrogen) atoms. The Balaban J connectivity index is 1.50. The number of hydrogen-bond donors (Lipinski definition) is 2. The number of nitrogens with two attached hydrogens (primary N) is 1. The number of aryl methyl sites for hydroxylation is 1. The second kappa shape index (κ2) is 7.79. The van der Waals surface area contributed by atoms with Gasteiger partial charge in [0.05, 0.1) is 0 Å². The van der Waals surface area contributed by atoms with Crippen LogP contribution in [0.1, 0.15) is 17.5 Å². The summed E-state index contributed by atoms with van der Waals surface area (Å²) in [4.78, 5) is 20.7. The van der Waals surface area contributed by atoms with Crippen molar-refractivity contribution >= 4 is 17.4 Å². The molecule has 0 saturated carbocycles. The van der Waals surface area contributed by atoms with Gasteiger partial charge in [0, 0.05) is 56.2 Å². The Morgan fingerprint density at radius 1 is 1.12 bits per heavy atom. The molecule has 2 aromatic rings. The predicted octanol–water partition coefficient (Wildman–Crippen LogP) is 1.65. The Morgan fingerprint density at radius 3 is 2.52 bits per heavy atom. The van der Waals surface area contributed by atoms with Crippen LogP contribution in [0.2, 0.25) is 0 Å². The van der Waals surface area contributed by atoms with E-state index in [1.165, 1.54) is 0 Å². The van der Waals surface area contributed by atoms with Crippen LogP contribution in [0.4, 0.5) is 5.69 Å². The first-order chi connectivity index (χ1) is 12.1. The molecular weight excluding hydrogens is 314 g/mol. The zero-order valence-electron chi connectivity index (χ0n) is 14.2. The van der Waals surface area contributed by atoms with Gasteiger partial charge >= 0.3 is 0 Å². The minimum absolute atomic E-state index is 0.0559. The molecule has 0 radical (unpaired) electrons. The van der Waals surface area contributed by atoms with Crippen LogP contribution in [0.15, 0.2) is 48.8 Å². The van der Waals surface area contributed by atoms with Crippen molar-refractivity contribution in [2.75, 3.05) is 31.1 Å². The van der Waals surface area contributed by atoms with E-state index >= 15 is 0 Å². The zero-order chi connectivity index (χ0) is 17.6. The molecule has 2 heterocycles. The van der Waals surface area contributed by atoms with Crippen LogP contribution < -0.4 is 10.6 Å². The number of rotatable bonds is 5. The van der Waals surface area contributed by atoms with Crippen molar-refractivity contribution in [2.45, 2.75) is 12.8 Å². The number of carbonyl (C=O) groups is 1. The van der Waals surface area contributed by atoms with Crippen LogP contribution in [0, 0.1) is 5.41 Å². The van der Waals surface area contributed by atoms with Gasteiger partial charge in [0.1, 0.15) is 5.84 Å². The number of amides is 1. The monoisotopic (exact) mass is 337 g/mol. The molecule has 130 valence electrons. The third kappa shape index (κ3) is 4.35. The van der Waals surface area contributed by atoms with E-state index in [2.05, 4.69) is 9.88 Å². The summed E-state index contributed by atoms with van der Waals surface area (Å²) in [6.07, 6.45) is 4.74. The number of piperazine rings is 1. The van der Waals surface area contributed by atoms with Gasteiger partial charge in [0.25, 0.3) is 0 Å². The molecule has 3 rings (SSSR count). The maximum absolute atomic E-state index is 12.5. The molecule has 0 unspecified atom stereocenters. The van der Waals surface area contributed by atoms with Crippen molar-refractivity contribution in [3.63, 3.8) is 0 Å². The molecule has 1 saturated heterocycles. The molecule has 1 amide bonds. The van der Waals surface area contributed by atoms with Crippen molar-refractivity contribution in [3.05, 3.63) is 59.9 Å². The van der Waals surface area contributed by atoms with E-state index in [0.717, 1.165) is 37.4 Å². The van der Waals surface area contributed by atoms with Crippen molar-refractivity contribution in [2.24, 2.45) is 5.73 Å². The van der Waals surface area contributed by atoms with Gasteiger partial charge in [-0.25, -0.2) is 0 Å². The Bertz CT molecular complexity index is 738. The van der Waals surface area contributed by atoms with Gasteiger partial charge in [-0.1, -0.05) is 18.2 Å². The Labute approximate surface area is 147 Å². The Morgan fingerprint density at radius 2 is 1.84 bits per heavy atom. The number of nitrogens with one attached hydrogen (secondary N) is 1. The van der Waals surface area contributed by atoms with Gasteiger partial charge in [-0.05, 0) is 30.2 Å². The molecule has 0 aliphatic carbocycles. The topological polar surface area (TPSA) is 86.3 Å². The van der Waals surface area contributed by atoms with Crippen molar-refractivity contribution in [1.29, 1.82) is 5.41 Å². The molecule has 6 heteroatoms. The molecular formula is C19H23N5O. The van der Waals surface area contributed by atoms with Crippen molar-refractivity contribution in [3.8, 4) is 0 Å². The summed E-state index contributed by atoms with van der Waals surface area (Å²) in [5.74, 6) is 0.239. The summed E-state index contributed by atoms with van der Waals surface area (Å²) in [6.45, 7) is 3.18. The van der Waals surface area contributed by atoms with Crippen LogP contribution in [0.25, 0.3) is 0 Å². The standard InChI is InChI=1S/C19H23N5O/c20-19(21)16-3-1-2-15(14-16)4-5-18(25)24-12-10-23(11-13-24)17-6-8-22-9-7-17/h1-3,6-9,14H,4-5,10-13H2,(H3,20,21). The second-order valence-corrected chi connectivity index (χ2v) is 6.19. The van der Waals surface area contributed by atoms with E-state index in [4.69, 9.17) is 11.1 Å². The average molecular weight is 337 g/mol. The molecule has 0 spiro atoms. The fraction of sp³-hybridized carbons (Fsp3) is 0.316. The molecule has 3 N–H and O–H groups in total. The van der Waals surface area contributed by atoms with Crippen LogP contribution in [-0.4, -0.2) is 47.8 Å². The summed E-state index contributed by atoms with van der Waals surface area (Å²) in [5.41, 5.74) is 8.41. The Kier molecular flexibility index (Phi) is 5.28. The molecule has 1 aliphatic rings. The van der Waals surface area contributed by atoms with Crippen LogP contribution in [-0.2, 0) is 11.2 Å². The molecule has 1 aliphatic heterocycles. The van der Waals surface area contributed by atoms with Gasteiger partial charge in [-0.15, -0.1) is 0 Å². The second-order valence-electron chi connectivity index (χ2n) is 6.19. The lowest BCUT2D eigenvalue weighted by Gasteiger charge is -2.36. The number of hydrogen-bond acceptors (Lipinski definition) is 4. The molecule has 1 aromatic carbocycles. The van der Waals surface area contributed by atoms with E-state index in [9.17, 15) is 4.79 Å². The lowest BCUT2D eigenvalue weighted by molar-refractivity contribution is -0.131. The largest absolute Gasteiger partial charge is 0.384 e. The fourth-order valence-electron chi connectivity index (χ4n) is 3.07. The number of carbonyl (C=O) groups excluding carboxylic acids is 1. The molecule has 6 nitrogen and oxygen atoms in total. The number of aromatic nitrogens is 1. The highest BCUT2D eigenvalue weighted by Crippen LogP contribution is 2.16. The van der Waals surface area contributed by atoms with Gasteiger partial charge in [-0.3, -0.25) is 15.2 Å². The minimum Gasteiger partial charge on any atom is -0.384 e. The first kappa shape index (κ1) is 17.0. The van der Waals surface area contributed by atoms with E-state index in [1.54, 1.807) is 12.4 Å². The highest BCUT2D eigenvalue weighted by molar-refractivity contribution is 5.95. The minimum atomic E-state index is 0.0559. The average Bonchev–Trinajstić information content (AvgIpc) is 2.67. The molecule has 1 fully saturated rings. The number of amidine groups is 1. The van der Waals surface area contributed by atoms with E-state index in [-0.39, 0.29) is 11.7 Å². The fourth-order valence-corrected chi connectivity index (χ4v) is 3.07. The van der Waals surface area contributed by atoms with Gasteiger partial charge in [0.2, 0.25) is 5.91 Å². The van der Waals surface area contributed by atoms with E-state index in [0.29, 0.717) is 18.4 Å². The van der Waals surface area contributed by atoms with Gasteiger partial charge in [-0.2, -0.15) is 0 Å². The first-order valence-corrected chi connectivity index (χ1v) is 8.49. The quantitative estimate of drug-likeness (QED) is 0.641. The van der Waals surface area contributed by atoms with Crippen LogP contribution in [0.5, 0.6) is 0 Å². The highest BCUT2D eigenvalue weighted by atomic mass is 16.2. The SMILES string of the molecule is N=C(N)c1cccc(CCC(=O)N2CCN(c3ccncc3)CC2)c1. The van der Waals surface area contributed by atoms with Gasteiger partial charge < -0.3 is 15.5 Å². The predicted molar refractivity (Wildman–Crippen MR) is 98.8 cm³/mol. The maximum Gasteiger partial charge on any atom is 0.223 e. The number of nitrogens with zero attached hydrogens (tertiary/aromatic N) is 3. The van der Waals surface area contributed by atoms with Crippen LogP contribution in [0.3, 0.4) is 0 Å².